The van der Waals surface area contributed by atoms with Gasteiger partial charge in [0.1, 0.15) is 0 Å². The Labute approximate surface area is 117 Å². The maximum Gasteiger partial charge on any atom is 0.158 e. The lowest BCUT2D eigenvalue weighted by atomic mass is 10.3. The third kappa shape index (κ3) is 14.0. The van der Waals surface area contributed by atoms with Crippen molar-refractivity contribution in [2.45, 2.75) is 39.4 Å². The summed E-state index contributed by atoms with van der Waals surface area (Å²) in [7, 11) is 1.69. The molecule has 0 fully saturated rings. The first-order chi connectivity index (χ1) is 9.35. The normalized spacial score (nSPS) is 11.4. The van der Waals surface area contributed by atoms with Gasteiger partial charge in [0, 0.05) is 33.4 Å². The van der Waals surface area contributed by atoms with Gasteiger partial charge in [0.05, 0.1) is 13.2 Å². The molecule has 0 rings (SSSR count). The molecule has 5 nitrogen and oxygen atoms in total. The number of hydrogen-bond acceptors (Lipinski definition) is 5. The molecule has 0 aromatic rings. The van der Waals surface area contributed by atoms with E-state index in [1.807, 2.05) is 13.8 Å². The number of hydrogen-bond donors (Lipinski definition) is 1. The van der Waals surface area contributed by atoms with E-state index < -0.39 is 0 Å². The van der Waals surface area contributed by atoms with Crippen molar-refractivity contribution in [1.82, 2.24) is 5.32 Å². The molecule has 0 aliphatic heterocycles. The molecular formula is C14H31NO4. The SMILES string of the molecule is CCOC(CCNCCCCOCCOC)OCC. The van der Waals surface area contributed by atoms with Gasteiger partial charge in [-0.1, -0.05) is 0 Å². The third-order valence-corrected chi connectivity index (χ3v) is 2.59. The summed E-state index contributed by atoms with van der Waals surface area (Å²) in [5.74, 6) is 0. The maximum absolute atomic E-state index is 5.47. The van der Waals surface area contributed by atoms with Gasteiger partial charge in [0.25, 0.3) is 0 Å². The van der Waals surface area contributed by atoms with Crippen molar-refractivity contribution in [2.24, 2.45) is 0 Å². The van der Waals surface area contributed by atoms with E-state index in [0.717, 1.165) is 39.0 Å². The molecule has 116 valence electrons. The molecule has 0 saturated carbocycles. The first-order valence-corrected chi connectivity index (χ1v) is 7.35. The maximum atomic E-state index is 5.47. The topological polar surface area (TPSA) is 49.0 Å². The van der Waals surface area contributed by atoms with Crippen LogP contribution in [0.1, 0.15) is 33.1 Å². The molecule has 0 aromatic heterocycles. The Kier molecular flexibility index (Phi) is 15.7. The molecule has 0 bridgehead atoms. The lowest BCUT2D eigenvalue weighted by molar-refractivity contribution is -0.138. The molecule has 0 aromatic carbocycles. The molecular weight excluding hydrogens is 246 g/mol. The Bertz CT molecular complexity index is 164. The van der Waals surface area contributed by atoms with Crippen LogP contribution >= 0.6 is 0 Å². The minimum Gasteiger partial charge on any atom is -0.382 e. The van der Waals surface area contributed by atoms with Gasteiger partial charge in [0.2, 0.25) is 0 Å². The van der Waals surface area contributed by atoms with Crippen molar-refractivity contribution in [2.75, 3.05) is 53.2 Å². The fourth-order valence-electron chi connectivity index (χ4n) is 1.63. The van der Waals surface area contributed by atoms with E-state index in [9.17, 15) is 0 Å². The summed E-state index contributed by atoms with van der Waals surface area (Å²) >= 11 is 0. The van der Waals surface area contributed by atoms with Gasteiger partial charge in [-0.05, 0) is 39.8 Å². The zero-order valence-corrected chi connectivity index (χ0v) is 12.8. The molecule has 5 heteroatoms. The quantitative estimate of drug-likeness (QED) is 0.365. The van der Waals surface area contributed by atoms with Crippen molar-refractivity contribution in [3.05, 3.63) is 0 Å². The van der Waals surface area contributed by atoms with Gasteiger partial charge < -0.3 is 24.3 Å². The highest BCUT2D eigenvalue weighted by Gasteiger charge is 2.06. The van der Waals surface area contributed by atoms with Gasteiger partial charge in [-0.2, -0.15) is 0 Å². The zero-order chi connectivity index (χ0) is 14.2. The van der Waals surface area contributed by atoms with Gasteiger partial charge in [-0.15, -0.1) is 0 Å². The number of rotatable bonds is 15. The van der Waals surface area contributed by atoms with Crippen LogP contribution in [0.2, 0.25) is 0 Å². The van der Waals surface area contributed by atoms with Crippen LogP contribution in [0.3, 0.4) is 0 Å². The van der Waals surface area contributed by atoms with Crippen LogP contribution in [-0.2, 0) is 18.9 Å². The summed E-state index contributed by atoms with van der Waals surface area (Å²) < 4.78 is 21.2. The lowest BCUT2D eigenvalue weighted by Gasteiger charge is -2.16. The van der Waals surface area contributed by atoms with E-state index >= 15 is 0 Å². The van der Waals surface area contributed by atoms with Crippen molar-refractivity contribution < 1.29 is 18.9 Å². The zero-order valence-electron chi connectivity index (χ0n) is 12.8. The first kappa shape index (κ1) is 18.8. The van der Waals surface area contributed by atoms with Gasteiger partial charge in [-0.3, -0.25) is 0 Å². The van der Waals surface area contributed by atoms with Crippen molar-refractivity contribution in [1.29, 1.82) is 0 Å². The molecule has 0 saturated heterocycles. The van der Waals surface area contributed by atoms with Gasteiger partial charge in [0.15, 0.2) is 6.29 Å². The highest BCUT2D eigenvalue weighted by molar-refractivity contribution is 4.52. The first-order valence-electron chi connectivity index (χ1n) is 7.35. The molecule has 0 heterocycles. The second kappa shape index (κ2) is 15.9. The van der Waals surface area contributed by atoms with E-state index in [4.69, 9.17) is 18.9 Å². The molecule has 0 atom stereocenters. The largest absolute Gasteiger partial charge is 0.382 e. The van der Waals surface area contributed by atoms with Crippen molar-refractivity contribution in [3.8, 4) is 0 Å². The average molecular weight is 277 g/mol. The van der Waals surface area contributed by atoms with Crippen molar-refractivity contribution >= 4 is 0 Å². The third-order valence-electron chi connectivity index (χ3n) is 2.59. The Morgan fingerprint density at radius 2 is 1.63 bits per heavy atom. The van der Waals surface area contributed by atoms with Crippen LogP contribution in [0.15, 0.2) is 0 Å². The Hall–Kier alpha value is -0.200. The van der Waals surface area contributed by atoms with Crippen LogP contribution in [0.25, 0.3) is 0 Å². The summed E-state index contributed by atoms with van der Waals surface area (Å²) in [6, 6.07) is 0. The lowest BCUT2D eigenvalue weighted by Crippen LogP contribution is -2.25. The van der Waals surface area contributed by atoms with Crippen LogP contribution in [0.5, 0.6) is 0 Å². The molecule has 0 amide bonds. The van der Waals surface area contributed by atoms with Gasteiger partial charge >= 0.3 is 0 Å². The molecule has 0 aliphatic rings. The highest BCUT2D eigenvalue weighted by atomic mass is 16.7. The van der Waals surface area contributed by atoms with Crippen LogP contribution in [-0.4, -0.2) is 59.5 Å². The van der Waals surface area contributed by atoms with E-state index in [1.54, 1.807) is 7.11 Å². The Morgan fingerprint density at radius 1 is 0.895 bits per heavy atom. The number of methoxy groups -OCH3 is 1. The Balaban J connectivity index is 3.20. The second-order valence-electron chi connectivity index (χ2n) is 4.19. The smallest absolute Gasteiger partial charge is 0.158 e. The van der Waals surface area contributed by atoms with Crippen molar-refractivity contribution in [3.63, 3.8) is 0 Å². The molecule has 0 radical (unpaired) electrons. The second-order valence-corrected chi connectivity index (χ2v) is 4.19. The average Bonchev–Trinajstić information content (AvgIpc) is 2.41. The molecule has 0 aliphatic carbocycles. The van der Waals surface area contributed by atoms with E-state index in [-0.39, 0.29) is 6.29 Å². The summed E-state index contributed by atoms with van der Waals surface area (Å²) in [6.07, 6.45) is 3.03. The standard InChI is InChI=1S/C14H31NO4/c1-4-18-14(19-5-2)8-10-15-9-6-7-11-17-13-12-16-3/h14-15H,4-13H2,1-3H3. The minimum atomic E-state index is -0.0696. The van der Waals surface area contributed by atoms with E-state index in [0.29, 0.717) is 26.4 Å². The highest BCUT2D eigenvalue weighted by Crippen LogP contribution is 1.99. The minimum absolute atomic E-state index is 0.0696. The van der Waals surface area contributed by atoms with Crippen LogP contribution < -0.4 is 5.32 Å². The predicted octanol–water partition coefficient (Wildman–Crippen LogP) is 1.81. The number of nitrogens with one attached hydrogen (secondary N) is 1. The van der Waals surface area contributed by atoms with Gasteiger partial charge in [-0.25, -0.2) is 0 Å². The molecule has 0 spiro atoms. The van der Waals surface area contributed by atoms with Crippen LogP contribution in [0.4, 0.5) is 0 Å². The summed E-state index contributed by atoms with van der Waals surface area (Å²) in [5.41, 5.74) is 0. The summed E-state index contributed by atoms with van der Waals surface area (Å²) in [6.45, 7) is 9.49. The fraction of sp³-hybridized carbons (Fsp3) is 1.00. The number of unbranched alkanes of at least 4 members (excludes halogenated alkanes) is 1. The monoisotopic (exact) mass is 277 g/mol. The molecule has 1 N–H and O–H groups in total. The summed E-state index contributed by atoms with van der Waals surface area (Å²) in [4.78, 5) is 0. The summed E-state index contributed by atoms with van der Waals surface area (Å²) in [5, 5.41) is 3.39. The molecule has 19 heavy (non-hydrogen) atoms. The van der Waals surface area contributed by atoms with Crippen LogP contribution in [0, 0.1) is 0 Å². The van der Waals surface area contributed by atoms with E-state index in [1.165, 1.54) is 0 Å². The number of ether oxygens (including phenoxy) is 4. The fourth-order valence-corrected chi connectivity index (χ4v) is 1.63. The Morgan fingerprint density at radius 3 is 2.26 bits per heavy atom. The predicted molar refractivity (Wildman–Crippen MR) is 76.5 cm³/mol. The van der Waals surface area contributed by atoms with E-state index in [2.05, 4.69) is 5.32 Å². The molecule has 0 unspecified atom stereocenters.